The molecule has 1 saturated carbocycles. The normalized spacial score (nSPS) is 15.3. The summed E-state index contributed by atoms with van der Waals surface area (Å²) in [6.07, 6.45) is 7.04. The van der Waals surface area contributed by atoms with E-state index < -0.39 is 0 Å². The topological polar surface area (TPSA) is 59.1 Å². The zero-order valence-electron chi connectivity index (χ0n) is 15.8. The lowest BCUT2D eigenvalue weighted by Gasteiger charge is -2.12. The van der Waals surface area contributed by atoms with E-state index >= 15 is 0 Å². The summed E-state index contributed by atoms with van der Waals surface area (Å²) >= 11 is 0. The lowest BCUT2D eigenvalue weighted by molar-refractivity contribution is -0.119. The van der Waals surface area contributed by atoms with Crippen molar-refractivity contribution in [3.8, 4) is 0 Å². The molecular weight excluding hydrogens is 336 g/mol. The number of fused-ring (bicyclic) bond motifs is 1. The fraction of sp³-hybridized carbons (Fsp3) is 0.348. The lowest BCUT2D eigenvalue weighted by Crippen LogP contribution is -2.07. The minimum absolute atomic E-state index is 0.107. The molecule has 4 heteroatoms. The van der Waals surface area contributed by atoms with E-state index in [9.17, 15) is 9.59 Å². The second kappa shape index (κ2) is 7.10. The van der Waals surface area contributed by atoms with Crippen LogP contribution in [-0.2, 0) is 29.0 Å². The second-order valence-electron chi connectivity index (χ2n) is 7.69. The van der Waals surface area contributed by atoms with Crippen molar-refractivity contribution < 1.29 is 9.59 Å². The Morgan fingerprint density at radius 2 is 2.04 bits per heavy atom. The largest absolute Gasteiger partial charge is 0.380 e. The SMILES string of the molecule is CC(=O)C1=Cc2cc(NCc3cc(CC(=O)C4CC4)ccc3C)cnc2C1. The van der Waals surface area contributed by atoms with Crippen LogP contribution in [0.5, 0.6) is 0 Å². The zero-order chi connectivity index (χ0) is 19.0. The molecule has 1 heterocycles. The van der Waals surface area contributed by atoms with Crippen molar-refractivity contribution in [2.24, 2.45) is 5.92 Å². The van der Waals surface area contributed by atoms with Crippen molar-refractivity contribution >= 4 is 23.3 Å². The number of carbonyl (C=O) groups excluding carboxylic acids is 2. The van der Waals surface area contributed by atoms with Crippen molar-refractivity contribution in [1.29, 1.82) is 0 Å². The number of ketones is 2. The summed E-state index contributed by atoms with van der Waals surface area (Å²) in [6.45, 7) is 4.37. The number of nitrogens with one attached hydrogen (secondary N) is 1. The third-order valence-electron chi connectivity index (χ3n) is 5.45. The van der Waals surface area contributed by atoms with Gasteiger partial charge in [-0.15, -0.1) is 0 Å². The van der Waals surface area contributed by atoms with Crippen LogP contribution in [0.25, 0.3) is 6.08 Å². The number of benzene rings is 1. The fourth-order valence-electron chi connectivity index (χ4n) is 3.50. The van der Waals surface area contributed by atoms with Gasteiger partial charge in [-0.3, -0.25) is 14.6 Å². The molecule has 2 aromatic rings. The highest BCUT2D eigenvalue weighted by Gasteiger charge is 2.29. The number of nitrogens with zero attached hydrogens (tertiary/aromatic N) is 1. The summed E-state index contributed by atoms with van der Waals surface area (Å²) in [4.78, 5) is 28.1. The van der Waals surface area contributed by atoms with Crippen molar-refractivity contribution in [3.05, 3.63) is 64.0 Å². The molecule has 1 aromatic heterocycles. The van der Waals surface area contributed by atoms with Crippen LogP contribution in [0.15, 0.2) is 36.0 Å². The van der Waals surface area contributed by atoms with E-state index in [1.807, 2.05) is 18.3 Å². The average molecular weight is 360 g/mol. The Balaban J connectivity index is 1.45. The van der Waals surface area contributed by atoms with Crippen LogP contribution in [0.1, 0.15) is 47.7 Å². The van der Waals surface area contributed by atoms with Gasteiger partial charge in [0.15, 0.2) is 5.78 Å². The first kappa shape index (κ1) is 17.7. The molecule has 4 nitrogen and oxygen atoms in total. The number of rotatable bonds is 7. The minimum Gasteiger partial charge on any atom is -0.380 e. The van der Waals surface area contributed by atoms with Gasteiger partial charge in [-0.1, -0.05) is 18.2 Å². The van der Waals surface area contributed by atoms with Crippen molar-refractivity contribution in [1.82, 2.24) is 4.98 Å². The van der Waals surface area contributed by atoms with Gasteiger partial charge in [-0.25, -0.2) is 0 Å². The number of hydrogen-bond donors (Lipinski definition) is 1. The van der Waals surface area contributed by atoms with Gasteiger partial charge < -0.3 is 5.32 Å². The Morgan fingerprint density at radius 1 is 1.22 bits per heavy atom. The molecule has 4 rings (SSSR count). The molecule has 0 saturated heterocycles. The summed E-state index contributed by atoms with van der Waals surface area (Å²) in [5, 5.41) is 3.43. The Labute approximate surface area is 159 Å². The summed E-state index contributed by atoms with van der Waals surface area (Å²) in [5.41, 5.74) is 7.23. The van der Waals surface area contributed by atoms with Crippen LogP contribution in [0.3, 0.4) is 0 Å². The number of aryl methyl sites for hydroxylation is 1. The highest BCUT2D eigenvalue weighted by Crippen LogP contribution is 2.31. The van der Waals surface area contributed by atoms with E-state index in [-0.39, 0.29) is 5.78 Å². The van der Waals surface area contributed by atoms with E-state index in [4.69, 9.17) is 0 Å². The predicted molar refractivity (Wildman–Crippen MR) is 107 cm³/mol. The van der Waals surface area contributed by atoms with Gasteiger partial charge in [0.1, 0.15) is 5.78 Å². The van der Waals surface area contributed by atoms with Gasteiger partial charge in [0, 0.05) is 30.9 Å². The Hall–Kier alpha value is -2.75. The average Bonchev–Trinajstić information content (AvgIpc) is 3.41. The monoisotopic (exact) mass is 360 g/mol. The number of carbonyl (C=O) groups is 2. The van der Waals surface area contributed by atoms with E-state index in [2.05, 4.69) is 35.4 Å². The zero-order valence-corrected chi connectivity index (χ0v) is 15.8. The number of hydrogen-bond acceptors (Lipinski definition) is 4. The van der Waals surface area contributed by atoms with Crippen LogP contribution < -0.4 is 5.32 Å². The van der Waals surface area contributed by atoms with Crippen molar-refractivity contribution in [3.63, 3.8) is 0 Å². The van der Waals surface area contributed by atoms with E-state index in [1.54, 1.807) is 6.92 Å². The van der Waals surface area contributed by atoms with Gasteiger partial charge >= 0.3 is 0 Å². The first-order valence-corrected chi connectivity index (χ1v) is 9.55. The van der Waals surface area contributed by atoms with Crippen LogP contribution in [0, 0.1) is 12.8 Å². The van der Waals surface area contributed by atoms with Crippen LogP contribution in [0.2, 0.25) is 0 Å². The number of pyridine rings is 1. The van der Waals surface area contributed by atoms with Gasteiger partial charge in [0.2, 0.25) is 0 Å². The first-order valence-electron chi connectivity index (χ1n) is 9.55. The second-order valence-corrected chi connectivity index (χ2v) is 7.69. The lowest BCUT2D eigenvalue weighted by atomic mass is 10.00. The minimum atomic E-state index is 0.107. The molecule has 0 amide bonds. The number of aromatic nitrogens is 1. The van der Waals surface area contributed by atoms with E-state index in [0.29, 0.717) is 31.1 Å². The quantitative estimate of drug-likeness (QED) is 0.809. The molecule has 138 valence electrons. The van der Waals surface area contributed by atoms with E-state index in [1.165, 1.54) is 11.1 Å². The number of Topliss-reactive ketones (excluding diaryl/α,β-unsaturated/α-hetero) is 2. The highest BCUT2D eigenvalue weighted by atomic mass is 16.1. The highest BCUT2D eigenvalue weighted by molar-refractivity contribution is 6.00. The Morgan fingerprint density at radius 3 is 2.78 bits per heavy atom. The third-order valence-corrected chi connectivity index (χ3v) is 5.45. The van der Waals surface area contributed by atoms with Crippen LogP contribution in [0.4, 0.5) is 5.69 Å². The van der Waals surface area contributed by atoms with Crippen LogP contribution >= 0.6 is 0 Å². The first-order chi connectivity index (χ1) is 13.0. The Bertz CT molecular complexity index is 955. The van der Waals surface area contributed by atoms with Gasteiger partial charge in [-0.2, -0.15) is 0 Å². The summed E-state index contributed by atoms with van der Waals surface area (Å²) in [7, 11) is 0. The smallest absolute Gasteiger partial charge is 0.156 e. The fourth-order valence-corrected chi connectivity index (χ4v) is 3.50. The Kier molecular flexibility index (Phi) is 4.65. The molecule has 27 heavy (non-hydrogen) atoms. The molecule has 0 atom stereocenters. The molecule has 0 unspecified atom stereocenters. The summed E-state index contributed by atoms with van der Waals surface area (Å²) in [5.74, 6) is 0.780. The van der Waals surface area contributed by atoms with Gasteiger partial charge in [0.25, 0.3) is 0 Å². The maximum Gasteiger partial charge on any atom is 0.156 e. The number of allylic oxidation sites excluding steroid dienone is 1. The standard InChI is InChI=1S/C23H24N2O2/c1-14-3-4-16(8-23(27)17-5-6-17)7-20(14)12-24-21-10-19-9-18(15(2)26)11-22(19)25-13-21/h3-4,7,9-10,13,17,24H,5-6,8,11-12H2,1-2H3. The maximum atomic E-state index is 12.1. The maximum absolute atomic E-state index is 12.1. The molecule has 0 radical (unpaired) electrons. The van der Waals surface area contributed by atoms with Gasteiger partial charge in [0.05, 0.1) is 17.6 Å². The molecule has 2 aliphatic carbocycles. The van der Waals surface area contributed by atoms with E-state index in [0.717, 1.165) is 40.9 Å². The molecule has 1 N–H and O–H groups in total. The number of anilines is 1. The van der Waals surface area contributed by atoms with Gasteiger partial charge in [-0.05, 0) is 61.1 Å². The molecule has 1 aromatic carbocycles. The molecule has 1 fully saturated rings. The molecule has 0 bridgehead atoms. The molecule has 0 aliphatic heterocycles. The van der Waals surface area contributed by atoms with Crippen LogP contribution in [-0.4, -0.2) is 16.6 Å². The predicted octanol–water partition coefficient (Wildman–Crippen LogP) is 4.05. The van der Waals surface area contributed by atoms with Crippen molar-refractivity contribution in [2.75, 3.05) is 5.32 Å². The molecule has 2 aliphatic rings. The summed E-state index contributed by atoms with van der Waals surface area (Å²) < 4.78 is 0. The summed E-state index contributed by atoms with van der Waals surface area (Å²) in [6, 6.07) is 8.34. The van der Waals surface area contributed by atoms with Crippen molar-refractivity contribution in [2.45, 2.75) is 46.1 Å². The molecular formula is C23H24N2O2. The molecule has 0 spiro atoms. The third kappa shape index (κ3) is 4.00.